The maximum atomic E-state index is 12.3. The Balaban J connectivity index is 2.36. The summed E-state index contributed by atoms with van der Waals surface area (Å²) < 4.78 is 26.7. The fourth-order valence-electron chi connectivity index (χ4n) is 1.54. The van der Waals surface area contributed by atoms with Crippen molar-refractivity contribution in [3.8, 4) is 0 Å². The lowest BCUT2D eigenvalue weighted by Gasteiger charge is -2.09. The van der Waals surface area contributed by atoms with Crippen LogP contribution in [0.5, 0.6) is 0 Å². The van der Waals surface area contributed by atoms with Gasteiger partial charge in [-0.25, -0.2) is 18.1 Å². The van der Waals surface area contributed by atoms with Gasteiger partial charge in [0.1, 0.15) is 4.90 Å². The Morgan fingerprint density at radius 1 is 1.30 bits per heavy atom. The summed E-state index contributed by atoms with van der Waals surface area (Å²) in [5.41, 5.74) is 0.796. The number of sulfonamides is 1. The van der Waals surface area contributed by atoms with Crippen LogP contribution in [0.4, 0.5) is 5.95 Å². The third-order valence-electron chi connectivity index (χ3n) is 2.37. The van der Waals surface area contributed by atoms with E-state index in [1.54, 1.807) is 13.1 Å². The number of hydrogen-bond acceptors (Lipinski definition) is 6. The smallest absolute Gasteiger partial charge is 0.265 e. The van der Waals surface area contributed by atoms with Gasteiger partial charge in [-0.1, -0.05) is 17.7 Å². The minimum atomic E-state index is -3.86. The second kappa shape index (κ2) is 6.12. The Bertz CT molecular complexity index is 693. The Morgan fingerprint density at radius 2 is 2.10 bits per heavy atom. The second-order valence-electron chi connectivity index (χ2n) is 3.87. The van der Waals surface area contributed by atoms with Gasteiger partial charge in [0, 0.05) is 6.54 Å². The molecule has 0 aliphatic carbocycles. The molecular formula is C11H12ClN5O2S. The van der Waals surface area contributed by atoms with Crippen molar-refractivity contribution in [2.45, 2.75) is 11.4 Å². The molecule has 0 fully saturated rings. The Hall–Kier alpha value is -1.77. The van der Waals surface area contributed by atoms with E-state index < -0.39 is 10.0 Å². The van der Waals surface area contributed by atoms with E-state index in [0.29, 0.717) is 6.54 Å². The van der Waals surface area contributed by atoms with Crippen molar-refractivity contribution in [2.24, 2.45) is 0 Å². The third kappa shape index (κ3) is 3.41. The molecule has 9 heteroatoms. The van der Waals surface area contributed by atoms with Crippen LogP contribution in [-0.2, 0) is 16.6 Å². The average molecular weight is 314 g/mol. The van der Waals surface area contributed by atoms with Crippen LogP contribution >= 0.6 is 11.6 Å². The molecule has 106 valence electrons. The molecule has 0 aliphatic heterocycles. The van der Waals surface area contributed by atoms with Crippen molar-refractivity contribution in [2.75, 3.05) is 11.8 Å². The summed E-state index contributed by atoms with van der Waals surface area (Å²) in [7, 11) is -2.09. The maximum absolute atomic E-state index is 12.3. The average Bonchev–Trinajstić information content (AvgIpc) is 2.42. The number of halogens is 1. The maximum Gasteiger partial charge on any atom is 0.265 e. The lowest BCUT2D eigenvalue weighted by molar-refractivity contribution is 0.600. The van der Waals surface area contributed by atoms with Crippen LogP contribution in [0, 0.1) is 0 Å². The van der Waals surface area contributed by atoms with Gasteiger partial charge >= 0.3 is 0 Å². The molecule has 20 heavy (non-hydrogen) atoms. The highest BCUT2D eigenvalue weighted by molar-refractivity contribution is 7.92. The van der Waals surface area contributed by atoms with Crippen LogP contribution < -0.4 is 10.0 Å². The van der Waals surface area contributed by atoms with Gasteiger partial charge in [0.05, 0.1) is 17.4 Å². The number of benzene rings is 1. The van der Waals surface area contributed by atoms with E-state index in [1.807, 2.05) is 0 Å². The van der Waals surface area contributed by atoms with Gasteiger partial charge in [-0.05, 0) is 24.7 Å². The molecule has 0 unspecified atom stereocenters. The summed E-state index contributed by atoms with van der Waals surface area (Å²) in [4.78, 5) is 3.73. The predicted molar refractivity (Wildman–Crippen MR) is 74.9 cm³/mol. The van der Waals surface area contributed by atoms with Crippen LogP contribution in [0.1, 0.15) is 5.56 Å². The van der Waals surface area contributed by atoms with Gasteiger partial charge < -0.3 is 5.32 Å². The monoisotopic (exact) mass is 313 g/mol. The number of nitrogens with zero attached hydrogens (tertiary/aromatic N) is 3. The highest BCUT2D eigenvalue weighted by Gasteiger charge is 2.19. The zero-order valence-corrected chi connectivity index (χ0v) is 12.1. The minimum Gasteiger partial charge on any atom is -0.316 e. The van der Waals surface area contributed by atoms with Crippen LogP contribution in [0.25, 0.3) is 0 Å². The summed E-state index contributed by atoms with van der Waals surface area (Å²) in [6.07, 6.45) is 2.68. The van der Waals surface area contributed by atoms with Crippen LogP contribution in [0.2, 0.25) is 5.02 Å². The SMILES string of the molecule is CNCc1ccc(Cl)c(S(=O)(=O)Nc2nccnn2)c1. The number of rotatable bonds is 5. The van der Waals surface area contributed by atoms with Gasteiger partial charge in [0.25, 0.3) is 16.0 Å². The first kappa shape index (κ1) is 14.6. The summed E-state index contributed by atoms with van der Waals surface area (Å²) in [5.74, 6) is -0.109. The molecule has 0 saturated heterocycles. The molecule has 2 aromatic rings. The third-order valence-corrected chi connectivity index (χ3v) is 4.18. The van der Waals surface area contributed by atoms with E-state index in [0.717, 1.165) is 5.56 Å². The van der Waals surface area contributed by atoms with Crippen LogP contribution in [-0.4, -0.2) is 30.6 Å². The molecule has 0 spiro atoms. The zero-order valence-electron chi connectivity index (χ0n) is 10.5. The molecule has 0 atom stereocenters. The Labute approximate surface area is 121 Å². The normalized spacial score (nSPS) is 11.3. The molecule has 0 saturated carbocycles. The molecular weight excluding hydrogens is 302 g/mol. The lowest BCUT2D eigenvalue weighted by Crippen LogP contribution is -2.16. The summed E-state index contributed by atoms with van der Waals surface area (Å²) in [5, 5.41) is 10.2. The minimum absolute atomic E-state index is 0.0284. The van der Waals surface area contributed by atoms with E-state index in [9.17, 15) is 8.42 Å². The fourth-order valence-corrected chi connectivity index (χ4v) is 3.03. The molecule has 2 rings (SSSR count). The number of hydrogen-bond donors (Lipinski definition) is 2. The Morgan fingerprint density at radius 3 is 2.75 bits per heavy atom. The molecule has 1 heterocycles. The van der Waals surface area contributed by atoms with Gasteiger partial charge in [-0.3, -0.25) is 0 Å². The number of aromatic nitrogens is 3. The largest absolute Gasteiger partial charge is 0.316 e. The quantitative estimate of drug-likeness (QED) is 0.856. The summed E-state index contributed by atoms with van der Waals surface area (Å²) >= 11 is 5.95. The molecule has 1 aromatic heterocycles. The van der Waals surface area contributed by atoms with Crippen molar-refractivity contribution >= 4 is 27.6 Å². The topological polar surface area (TPSA) is 96.9 Å². The zero-order chi connectivity index (χ0) is 14.6. The summed E-state index contributed by atoms with van der Waals surface area (Å²) in [6.45, 7) is 0.531. The number of anilines is 1. The highest BCUT2D eigenvalue weighted by Crippen LogP contribution is 2.24. The van der Waals surface area contributed by atoms with Crippen LogP contribution in [0.15, 0.2) is 35.5 Å². The fraction of sp³-hybridized carbons (Fsp3) is 0.182. The Kier molecular flexibility index (Phi) is 4.48. The first-order valence-corrected chi connectivity index (χ1v) is 7.48. The van der Waals surface area contributed by atoms with E-state index in [2.05, 4.69) is 25.2 Å². The van der Waals surface area contributed by atoms with Crippen molar-refractivity contribution in [1.82, 2.24) is 20.5 Å². The van der Waals surface area contributed by atoms with Crippen molar-refractivity contribution in [3.05, 3.63) is 41.2 Å². The lowest BCUT2D eigenvalue weighted by atomic mass is 10.2. The van der Waals surface area contributed by atoms with E-state index >= 15 is 0 Å². The van der Waals surface area contributed by atoms with E-state index in [1.165, 1.54) is 24.5 Å². The standard InChI is InChI=1S/C11H12ClN5O2S/c1-13-7-8-2-3-9(12)10(6-8)20(18,19)17-11-14-4-5-15-16-11/h2-6,13H,7H2,1H3,(H,14,16,17). The van der Waals surface area contributed by atoms with Gasteiger partial charge in [0.15, 0.2) is 0 Å². The molecule has 0 bridgehead atoms. The highest BCUT2D eigenvalue weighted by atomic mass is 35.5. The van der Waals surface area contributed by atoms with E-state index in [-0.39, 0.29) is 15.9 Å². The second-order valence-corrected chi connectivity index (χ2v) is 5.92. The van der Waals surface area contributed by atoms with Gasteiger partial charge in [-0.15, -0.1) is 5.10 Å². The van der Waals surface area contributed by atoms with Crippen LogP contribution in [0.3, 0.4) is 0 Å². The molecule has 0 aliphatic rings. The van der Waals surface area contributed by atoms with Gasteiger partial charge in [-0.2, -0.15) is 5.10 Å². The predicted octanol–water partition coefficient (Wildman–Crippen LogP) is 1.05. The number of nitrogens with one attached hydrogen (secondary N) is 2. The first-order valence-electron chi connectivity index (χ1n) is 5.62. The molecule has 1 aromatic carbocycles. The van der Waals surface area contributed by atoms with Crippen molar-refractivity contribution in [1.29, 1.82) is 0 Å². The van der Waals surface area contributed by atoms with Crippen molar-refractivity contribution in [3.63, 3.8) is 0 Å². The van der Waals surface area contributed by atoms with E-state index in [4.69, 9.17) is 11.6 Å². The first-order chi connectivity index (χ1) is 9.53. The molecule has 2 N–H and O–H groups in total. The molecule has 0 radical (unpaired) electrons. The van der Waals surface area contributed by atoms with Gasteiger partial charge in [0.2, 0.25) is 0 Å². The van der Waals surface area contributed by atoms with Crippen molar-refractivity contribution < 1.29 is 8.42 Å². The summed E-state index contributed by atoms with van der Waals surface area (Å²) in [6, 6.07) is 4.78. The molecule has 0 amide bonds. The molecule has 7 nitrogen and oxygen atoms in total.